The molecule has 0 atom stereocenters. The SMILES string of the molecule is COC(=O)n1ncc2c([As])cccc21. The summed E-state index contributed by atoms with van der Waals surface area (Å²) >= 11 is 2.44. The van der Waals surface area contributed by atoms with Crippen molar-refractivity contribution in [2.45, 2.75) is 0 Å². The van der Waals surface area contributed by atoms with Gasteiger partial charge < -0.3 is 0 Å². The predicted molar refractivity (Wildman–Crippen MR) is 52.9 cm³/mol. The van der Waals surface area contributed by atoms with Crippen molar-refractivity contribution in [1.29, 1.82) is 0 Å². The van der Waals surface area contributed by atoms with E-state index in [0.717, 1.165) is 15.3 Å². The molecule has 0 aliphatic rings. The van der Waals surface area contributed by atoms with Crippen LogP contribution >= 0.6 is 0 Å². The number of nitrogens with zero attached hydrogens (tertiary/aromatic N) is 2. The molecule has 5 heteroatoms. The van der Waals surface area contributed by atoms with E-state index in [1.54, 1.807) is 6.20 Å². The molecule has 14 heavy (non-hydrogen) atoms. The maximum atomic E-state index is 11.3. The van der Waals surface area contributed by atoms with E-state index in [1.165, 1.54) is 11.8 Å². The summed E-state index contributed by atoms with van der Waals surface area (Å²) in [5.41, 5.74) is 0.759. The summed E-state index contributed by atoms with van der Waals surface area (Å²) in [6.07, 6.45) is 1.18. The minimum absolute atomic E-state index is 0.474. The van der Waals surface area contributed by atoms with Crippen molar-refractivity contribution in [2.24, 2.45) is 0 Å². The van der Waals surface area contributed by atoms with Gasteiger partial charge in [0.1, 0.15) is 0 Å². The Bertz CT molecular complexity index is 493. The molecule has 0 bridgehead atoms. The number of rotatable bonds is 0. The number of hydrogen-bond acceptors (Lipinski definition) is 3. The van der Waals surface area contributed by atoms with Gasteiger partial charge >= 0.3 is 89.0 Å². The summed E-state index contributed by atoms with van der Waals surface area (Å²) < 4.78 is 6.87. The molecular formula is C9H7AsN2O2. The van der Waals surface area contributed by atoms with Gasteiger partial charge in [0.2, 0.25) is 0 Å². The van der Waals surface area contributed by atoms with E-state index in [9.17, 15) is 4.79 Å². The molecule has 2 radical (unpaired) electrons. The average Bonchev–Trinajstić information content (AvgIpc) is 2.62. The fourth-order valence-corrected chi connectivity index (χ4v) is 1.81. The Kier molecular flexibility index (Phi) is 2.30. The molecule has 0 unspecified atom stereocenters. The molecule has 0 saturated heterocycles. The first-order valence-electron chi connectivity index (χ1n) is 3.98. The van der Waals surface area contributed by atoms with Crippen molar-refractivity contribution in [3.8, 4) is 0 Å². The van der Waals surface area contributed by atoms with Crippen LogP contribution in [-0.2, 0) is 4.74 Å². The van der Waals surface area contributed by atoms with Gasteiger partial charge in [-0.2, -0.15) is 0 Å². The van der Waals surface area contributed by atoms with Crippen LogP contribution in [0.4, 0.5) is 4.79 Å². The molecule has 1 heterocycles. The summed E-state index contributed by atoms with van der Waals surface area (Å²) in [4.78, 5) is 11.3. The standard InChI is InChI=1S/C9H7AsN2O2/c1-14-9(13)12-8-4-2-3-7(10)6(8)5-11-12/h2-5H,1H3. The Morgan fingerprint density at radius 2 is 2.36 bits per heavy atom. The third kappa shape index (κ3) is 1.32. The maximum absolute atomic E-state index is 11.3. The zero-order valence-corrected chi connectivity index (χ0v) is 9.34. The van der Waals surface area contributed by atoms with E-state index in [-0.39, 0.29) is 0 Å². The van der Waals surface area contributed by atoms with Gasteiger partial charge in [0.15, 0.2) is 0 Å². The van der Waals surface area contributed by atoms with Crippen molar-refractivity contribution < 1.29 is 9.53 Å². The van der Waals surface area contributed by atoms with Crippen LogP contribution in [-0.4, -0.2) is 39.8 Å². The number of benzene rings is 1. The van der Waals surface area contributed by atoms with Crippen LogP contribution in [0.15, 0.2) is 24.4 Å². The van der Waals surface area contributed by atoms with E-state index in [0.29, 0.717) is 0 Å². The summed E-state index contributed by atoms with van der Waals surface area (Å²) in [5, 5.41) is 4.90. The van der Waals surface area contributed by atoms with Gasteiger partial charge in [-0.3, -0.25) is 0 Å². The van der Waals surface area contributed by atoms with E-state index < -0.39 is 6.09 Å². The van der Waals surface area contributed by atoms with Gasteiger partial charge in [-0.15, -0.1) is 0 Å². The number of methoxy groups -OCH3 is 1. The van der Waals surface area contributed by atoms with E-state index in [1.807, 2.05) is 18.2 Å². The molecule has 2 aromatic rings. The quantitative estimate of drug-likeness (QED) is 0.637. The normalized spacial score (nSPS) is 10.4. The van der Waals surface area contributed by atoms with E-state index in [2.05, 4.69) is 26.7 Å². The van der Waals surface area contributed by atoms with Crippen LogP contribution in [0.2, 0.25) is 0 Å². The van der Waals surface area contributed by atoms with Crippen molar-refractivity contribution in [2.75, 3.05) is 7.11 Å². The summed E-state index contributed by atoms with van der Waals surface area (Å²) in [6, 6.07) is 5.65. The van der Waals surface area contributed by atoms with Crippen LogP contribution in [0.1, 0.15) is 0 Å². The van der Waals surface area contributed by atoms with Crippen molar-refractivity contribution in [3.63, 3.8) is 0 Å². The van der Waals surface area contributed by atoms with Crippen LogP contribution in [0.3, 0.4) is 0 Å². The topological polar surface area (TPSA) is 44.1 Å². The number of hydrogen-bond donors (Lipinski definition) is 0. The molecule has 2 rings (SSSR count). The summed E-state index contributed by atoms with van der Waals surface area (Å²) in [5.74, 6) is 0. The molecule has 0 N–H and O–H groups in total. The summed E-state index contributed by atoms with van der Waals surface area (Å²) in [6.45, 7) is 0. The molecule has 0 spiro atoms. The number of fused-ring (bicyclic) bond motifs is 1. The zero-order valence-electron chi connectivity index (χ0n) is 7.47. The van der Waals surface area contributed by atoms with E-state index >= 15 is 0 Å². The van der Waals surface area contributed by atoms with Gasteiger partial charge in [0.05, 0.1) is 0 Å². The first kappa shape index (κ1) is 9.28. The molecule has 0 amide bonds. The Morgan fingerprint density at radius 3 is 3.07 bits per heavy atom. The van der Waals surface area contributed by atoms with Gasteiger partial charge in [-0.1, -0.05) is 0 Å². The fourth-order valence-electron chi connectivity index (χ4n) is 1.27. The fraction of sp³-hybridized carbons (Fsp3) is 0.111. The molecule has 70 valence electrons. The van der Waals surface area contributed by atoms with E-state index in [4.69, 9.17) is 0 Å². The number of aromatic nitrogens is 2. The van der Waals surface area contributed by atoms with Crippen LogP contribution in [0.5, 0.6) is 0 Å². The first-order valence-corrected chi connectivity index (χ1v) is 4.92. The van der Waals surface area contributed by atoms with Gasteiger partial charge in [0.25, 0.3) is 0 Å². The zero-order chi connectivity index (χ0) is 10.1. The molecule has 1 aromatic carbocycles. The second-order valence-electron chi connectivity index (χ2n) is 2.74. The monoisotopic (exact) mass is 250 g/mol. The second-order valence-corrected chi connectivity index (χ2v) is 3.75. The Morgan fingerprint density at radius 1 is 1.57 bits per heavy atom. The van der Waals surface area contributed by atoms with Crippen molar-refractivity contribution in [1.82, 2.24) is 9.78 Å². The summed E-state index contributed by atoms with van der Waals surface area (Å²) in [7, 11) is 1.34. The van der Waals surface area contributed by atoms with Gasteiger partial charge in [0, 0.05) is 0 Å². The predicted octanol–water partition coefficient (Wildman–Crippen LogP) is 0.445. The van der Waals surface area contributed by atoms with Crippen molar-refractivity contribution in [3.05, 3.63) is 24.4 Å². The Labute approximate surface area is 89.3 Å². The number of ether oxygens (including phenoxy) is 1. The van der Waals surface area contributed by atoms with Crippen molar-refractivity contribution >= 4 is 38.2 Å². The Hall–Kier alpha value is -1.28. The van der Waals surface area contributed by atoms with Crippen LogP contribution < -0.4 is 4.35 Å². The molecule has 1 aromatic heterocycles. The Balaban J connectivity index is 2.70. The van der Waals surface area contributed by atoms with Crippen LogP contribution in [0.25, 0.3) is 10.9 Å². The minimum atomic E-state index is -0.474. The second kappa shape index (κ2) is 3.46. The van der Waals surface area contributed by atoms with Gasteiger partial charge in [-0.05, 0) is 0 Å². The molecule has 4 nitrogen and oxygen atoms in total. The first-order chi connectivity index (χ1) is 6.74. The molecule has 0 fully saturated rings. The van der Waals surface area contributed by atoms with Crippen LogP contribution in [0, 0.1) is 0 Å². The molecular weight excluding hydrogens is 243 g/mol. The molecule has 0 aliphatic heterocycles. The molecule has 0 aliphatic carbocycles. The average molecular weight is 250 g/mol. The third-order valence-electron chi connectivity index (χ3n) is 1.94. The molecule has 0 saturated carbocycles. The number of carbonyl (C=O) groups is 1. The third-order valence-corrected chi connectivity index (χ3v) is 2.76. The number of carbonyl (C=O) groups excluding carboxylic acids is 1. The van der Waals surface area contributed by atoms with Gasteiger partial charge in [-0.25, -0.2) is 0 Å².